The lowest BCUT2D eigenvalue weighted by atomic mass is 9.73. The smallest absolute Gasteiger partial charge is 0.231 e. The van der Waals surface area contributed by atoms with Gasteiger partial charge >= 0.3 is 0 Å². The van der Waals surface area contributed by atoms with Gasteiger partial charge in [0.25, 0.3) is 0 Å². The molecule has 0 saturated carbocycles. The number of methoxy groups -OCH3 is 1. The van der Waals surface area contributed by atoms with Crippen LogP contribution in [0.25, 0.3) is 5.69 Å². The van der Waals surface area contributed by atoms with E-state index >= 15 is 0 Å². The molecule has 0 bridgehead atoms. The molecular formula is C25H28ClN7O3S. The molecule has 10 nitrogen and oxygen atoms in total. The molecule has 0 aliphatic carbocycles. The van der Waals surface area contributed by atoms with Gasteiger partial charge in [-0.05, 0) is 42.8 Å². The molecule has 12 heteroatoms. The predicted molar refractivity (Wildman–Crippen MR) is 140 cm³/mol. The molecule has 2 aromatic heterocycles. The van der Waals surface area contributed by atoms with Gasteiger partial charge in [0.1, 0.15) is 0 Å². The monoisotopic (exact) mass is 541 g/mol. The molecule has 0 N–H and O–H groups in total. The average molecular weight is 542 g/mol. The minimum absolute atomic E-state index is 0.0102. The lowest BCUT2D eigenvalue weighted by Gasteiger charge is -2.60. The quantitative estimate of drug-likeness (QED) is 0.491. The first-order valence-corrected chi connectivity index (χ1v) is 14.6. The van der Waals surface area contributed by atoms with Crippen molar-refractivity contribution in [2.75, 3.05) is 54.6 Å². The Kier molecular flexibility index (Phi) is 5.06. The number of aromatic nitrogens is 4. The standard InChI is InChI=1S/C25H28ClN7O3S/c1-16-3-6-21(36-2)23(27-16)31-12-25(13-31)14-32(15-25)24-29-28-22-9-30(19-10-37(34,35)11-19)8-17-7-18(26)4-5-20(17)33(22)24/h3-7,19H,8-15H2,1-2H3. The Hall–Kier alpha value is -2.89. The Morgan fingerprint density at radius 3 is 2.51 bits per heavy atom. The van der Waals surface area contributed by atoms with Gasteiger partial charge in [-0.15, -0.1) is 10.2 Å². The molecule has 3 saturated heterocycles. The number of hydrogen-bond donors (Lipinski definition) is 0. The molecule has 0 amide bonds. The van der Waals surface area contributed by atoms with Crippen molar-refractivity contribution in [3.8, 4) is 11.4 Å². The fourth-order valence-corrected chi connectivity index (χ4v) is 7.85. The van der Waals surface area contributed by atoms with E-state index in [1.165, 1.54) is 0 Å². The summed E-state index contributed by atoms with van der Waals surface area (Å²) >= 11 is 6.37. The van der Waals surface area contributed by atoms with Gasteiger partial charge in [0.2, 0.25) is 5.95 Å². The lowest BCUT2D eigenvalue weighted by molar-refractivity contribution is 0.152. The lowest BCUT2D eigenvalue weighted by Crippen LogP contribution is -2.73. The SMILES string of the molecule is COc1ccc(C)nc1N1CC2(C1)CN(c1nnc3n1-c1ccc(Cl)cc1CN(C1CS(=O)(=O)C1)C3)C2. The second-order valence-electron chi connectivity index (χ2n) is 10.9. The van der Waals surface area contributed by atoms with E-state index in [2.05, 4.69) is 29.5 Å². The summed E-state index contributed by atoms with van der Waals surface area (Å²) in [7, 11) is -1.25. The Morgan fingerprint density at radius 1 is 1.03 bits per heavy atom. The number of benzene rings is 1. The van der Waals surface area contributed by atoms with E-state index in [4.69, 9.17) is 21.3 Å². The van der Waals surface area contributed by atoms with Gasteiger partial charge in [-0.25, -0.2) is 13.4 Å². The number of pyridine rings is 1. The van der Waals surface area contributed by atoms with E-state index in [-0.39, 0.29) is 23.0 Å². The summed E-state index contributed by atoms with van der Waals surface area (Å²) in [6.07, 6.45) is 0. The minimum Gasteiger partial charge on any atom is -0.493 e. The fourth-order valence-electron chi connectivity index (χ4n) is 6.16. The van der Waals surface area contributed by atoms with E-state index in [1.54, 1.807) is 7.11 Å². The summed E-state index contributed by atoms with van der Waals surface area (Å²) < 4.78 is 31.4. The highest BCUT2D eigenvalue weighted by molar-refractivity contribution is 7.92. The van der Waals surface area contributed by atoms with Crippen LogP contribution in [0, 0.1) is 12.3 Å². The van der Waals surface area contributed by atoms with Crippen LogP contribution >= 0.6 is 11.6 Å². The number of rotatable bonds is 4. The van der Waals surface area contributed by atoms with Crippen LogP contribution in [0.5, 0.6) is 5.75 Å². The molecule has 6 heterocycles. The summed E-state index contributed by atoms with van der Waals surface area (Å²) in [6, 6.07) is 9.82. The van der Waals surface area contributed by atoms with E-state index in [0.29, 0.717) is 18.1 Å². The zero-order valence-corrected chi connectivity index (χ0v) is 22.3. The van der Waals surface area contributed by atoms with E-state index in [0.717, 1.165) is 66.5 Å². The van der Waals surface area contributed by atoms with Crippen molar-refractivity contribution in [3.63, 3.8) is 0 Å². The highest BCUT2D eigenvalue weighted by Crippen LogP contribution is 2.45. The number of halogens is 1. The van der Waals surface area contributed by atoms with Crippen LogP contribution in [0.2, 0.25) is 5.02 Å². The highest BCUT2D eigenvalue weighted by atomic mass is 35.5. The molecule has 194 valence electrons. The summed E-state index contributed by atoms with van der Waals surface area (Å²) in [5.74, 6) is 3.75. The topological polar surface area (TPSA) is 96.7 Å². The zero-order valence-electron chi connectivity index (χ0n) is 20.8. The van der Waals surface area contributed by atoms with Crippen LogP contribution in [-0.4, -0.2) is 83.9 Å². The van der Waals surface area contributed by atoms with Gasteiger partial charge in [0.05, 0.1) is 30.8 Å². The molecule has 3 fully saturated rings. The molecule has 7 rings (SSSR count). The first-order chi connectivity index (χ1) is 17.7. The molecule has 4 aliphatic rings. The second kappa shape index (κ2) is 8.05. The van der Waals surface area contributed by atoms with E-state index in [9.17, 15) is 8.42 Å². The molecule has 0 atom stereocenters. The first kappa shape index (κ1) is 23.2. The van der Waals surface area contributed by atoms with Crippen molar-refractivity contribution < 1.29 is 13.2 Å². The Labute approximate surface area is 220 Å². The van der Waals surface area contributed by atoms with Crippen LogP contribution in [0.1, 0.15) is 17.1 Å². The molecule has 0 unspecified atom stereocenters. The molecule has 4 aliphatic heterocycles. The van der Waals surface area contributed by atoms with Crippen molar-refractivity contribution in [1.29, 1.82) is 0 Å². The number of nitrogens with zero attached hydrogens (tertiary/aromatic N) is 7. The van der Waals surface area contributed by atoms with Gasteiger partial charge in [-0.3, -0.25) is 9.47 Å². The third-order valence-corrected chi connectivity index (χ3v) is 10.0. The predicted octanol–water partition coefficient (Wildman–Crippen LogP) is 2.07. The third kappa shape index (κ3) is 3.78. The van der Waals surface area contributed by atoms with E-state index < -0.39 is 9.84 Å². The number of fused-ring (bicyclic) bond motifs is 3. The molecule has 0 radical (unpaired) electrons. The maximum absolute atomic E-state index is 11.9. The highest BCUT2D eigenvalue weighted by Gasteiger charge is 2.54. The van der Waals surface area contributed by atoms with Crippen molar-refractivity contribution in [1.82, 2.24) is 24.6 Å². The Balaban J connectivity index is 1.13. The molecular weight excluding hydrogens is 514 g/mol. The van der Waals surface area contributed by atoms with Crippen molar-refractivity contribution in [2.24, 2.45) is 5.41 Å². The second-order valence-corrected chi connectivity index (χ2v) is 13.4. The first-order valence-electron chi connectivity index (χ1n) is 12.4. The van der Waals surface area contributed by atoms with E-state index in [1.807, 2.05) is 37.3 Å². The van der Waals surface area contributed by atoms with Gasteiger partial charge < -0.3 is 14.5 Å². The number of ether oxygens (including phenoxy) is 1. The van der Waals surface area contributed by atoms with Gasteiger partial charge in [-0.2, -0.15) is 0 Å². The number of hydrogen-bond acceptors (Lipinski definition) is 9. The van der Waals surface area contributed by atoms with Crippen molar-refractivity contribution >= 4 is 33.2 Å². The number of anilines is 2. The fraction of sp³-hybridized carbons (Fsp3) is 0.480. The molecule has 37 heavy (non-hydrogen) atoms. The number of sulfone groups is 1. The van der Waals surface area contributed by atoms with Gasteiger partial charge in [-0.1, -0.05) is 11.6 Å². The van der Waals surface area contributed by atoms with Crippen molar-refractivity contribution in [3.05, 3.63) is 52.4 Å². The summed E-state index contributed by atoms with van der Waals surface area (Å²) in [5.41, 5.74) is 3.24. The maximum atomic E-state index is 11.9. The Bertz CT molecular complexity index is 1500. The Morgan fingerprint density at radius 2 is 1.78 bits per heavy atom. The normalized spacial score (nSPS) is 21.9. The third-order valence-electron chi connectivity index (χ3n) is 8.01. The molecule has 1 spiro atoms. The van der Waals surface area contributed by atoms with Crippen LogP contribution in [0.4, 0.5) is 11.8 Å². The largest absolute Gasteiger partial charge is 0.493 e. The average Bonchev–Trinajstić information content (AvgIpc) is 3.11. The molecule has 3 aromatic rings. The summed E-state index contributed by atoms with van der Waals surface area (Å²) in [4.78, 5) is 11.5. The van der Waals surface area contributed by atoms with Crippen molar-refractivity contribution in [2.45, 2.75) is 26.1 Å². The van der Waals surface area contributed by atoms with Crippen LogP contribution in [-0.2, 0) is 22.9 Å². The molecule has 1 aromatic carbocycles. The minimum atomic E-state index is -2.93. The van der Waals surface area contributed by atoms with Crippen LogP contribution in [0.3, 0.4) is 0 Å². The van der Waals surface area contributed by atoms with Crippen LogP contribution < -0.4 is 14.5 Å². The zero-order chi connectivity index (χ0) is 25.5. The van der Waals surface area contributed by atoms with Gasteiger partial charge in [0, 0.05) is 54.9 Å². The van der Waals surface area contributed by atoms with Crippen LogP contribution in [0.15, 0.2) is 30.3 Å². The maximum Gasteiger partial charge on any atom is 0.231 e. The number of aryl methyl sites for hydroxylation is 1. The summed E-state index contributed by atoms with van der Waals surface area (Å²) in [5, 5.41) is 9.83. The van der Waals surface area contributed by atoms with Gasteiger partial charge in [0.15, 0.2) is 27.2 Å². The summed E-state index contributed by atoms with van der Waals surface area (Å²) in [6.45, 7) is 6.80.